The fourth-order valence-corrected chi connectivity index (χ4v) is 2.43. The molecule has 0 aliphatic heterocycles. The van der Waals surface area contributed by atoms with E-state index in [1.807, 2.05) is 0 Å². The zero-order valence-corrected chi connectivity index (χ0v) is 15.4. The van der Waals surface area contributed by atoms with E-state index in [1.54, 1.807) is 25.3 Å². The fraction of sp³-hybridized carbons (Fsp3) is 0.222. The number of halogens is 2. The topological polar surface area (TPSA) is 106 Å². The van der Waals surface area contributed by atoms with Crippen LogP contribution in [-0.2, 0) is 10.7 Å². The number of nitrogens with one attached hydrogen (secondary N) is 2. The van der Waals surface area contributed by atoms with Gasteiger partial charge in [-0.1, -0.05) is 0 Å². The van der Waals surface area contributed by atoms with Gasteiger partial charge in [-0.25, -0.2) is 24.9 Å². The first-order valence-corrected chi connectivity index (χ1v) is 8.27. The van der Waals surface area contributed by atoms with Crippen molar-refractivity contribution in [3.63, 3.8) is 0 Å². The summed E-state index contributed by atoms with van der Waals surface area (Å²) in [7, 11) is 0. The van der Waals surface area contributed by atoms with Crippen molar-refractivity contribution in [3.05, 3.63) is 48.4 Å². The molecule has 0 saturated heterocycles. The van der Waals surface area contributed by atoms with Gasteiger partial charge in [0.1, 0.15) is 18.0 Å². The van der Waals surface area contributed by atoms with Gasteiger partial charge in [-0.15, -0.1) is 0 Å². The molecule has 3 aromatic heterocycles. The van der Waals surface area contributed by atoms with E-state index in [4.69, 9.17) is 0 Å². The second-order valence-corrected chi connectivity index (χ2v) is 6.12. The minimum atomic E-state index is -3.18. The van der Waals surface area contributed by atoms with Crippen molar-refractivity contribution in [1.82, 2.24) is 24.9 Å². The predicted octanol–water partition coefficient (Wildman–Crippen LogP) is 3.45. The number of aromatic nitrogens is 5. The van der Waals surface area contributed by atoms with Crippen molar-refractivity contribution in [2.24, 2.45) is 0 Å². The molecule has 0 aliphatic rings. The van der Waals surface area contributed by atoms with Crippen molar-refractivity contribution in [1.29, 1.82) is 0 Å². The highest BCUT2D eigenvalue weighted by molar-refractivity contribution is 5.89. The van der Waals surface area contributed by atoms with Gasteiger partial charge in [-0.2, -0.15) is 8.78 Å². The lowest BCUT2D eigenvalue weighted by Crippen LogP contribution is -2.14. The number of carbonyl (C=O) groups excluding carboxylic acids is 1. The average Bonchev–Trinajstić information content (AvgIpc) is 2.61. The van der Waals surface area contributed by atoms with E-state index < -0.39 is 11.7 Å². The van der Waals surface area contributed by atoms with Crippen molar-refractivity contribution < 1.29 is 13.6 Å². The van der Waals surface area contributed by atoms with Gasteiger partial charge < -0.3 is 10.6 Å². The third kappa shape index (κ3) is 4.58. The molecule has 0 bridgehead atoms. The standard InChI is InChI=1S/C18H17F2N7O/c1-10-6-16(27-17(24-10)18(3,19)20)26-14-7-15(25-11(2)28)22-8-12(14)13-4-5-21-9-23-13/h4-9H,1-3H3,(H2,22,24,25,26,27,28). The van der Waals surface area contributed by atoms with Crippen LogP contribution in [0.4, 0.5) is 26.1 Å². The summed E-state index contributed by atoms with van der Waals surface area (Å²) >= 11 is 0. The Morgan fingerprint density at radius 3 is 2.57 bits per heavy atom. The number of alkyl halides is 2. The molecule has 0 unspecified atom stereocenters. The smallest absolute Gasteiger partial charge is 0.303 e. The first-order chi connectivity index (χ1) is 13.2. The quantitative estimate of drug-likeness (QED) is 0.693. The number of pyridine rings is 1. The average molecular weight is 385 g/mol. The molecule has 1 amide bonds. The molecule has 3 heterocycles. The van der Waals surface area contributed by atoms with Gasteiger partial charge in [0.15, 0.2) is 0 Å². The molecule has 3 rings (SSSR count). The van der Waals surface area contributed by atoms with Gasteiger partial charge >= 0.3 is 5.92 Å². The lowest BCUT2D eigenvalue weighted by atomic mass is 10.1. The molecule has 0 fully saturated rings. The normalized spacial score (nSPS) is 11.2. The Hall–Kier alpha value is -3.56. The second-order valence-electron chi connectivity index (χ2n) is 6.12. The van der Waals surface area contributed by atoms with Crippen LogP contribution >= 0.6 is 0 Å². The summed E-state index contributed by atoms with van der Waals surface area (Å²) in [5.74, 6) is -3.59. The largest absolute Gasteiger partial charge is 0.339 e. The lowest BCUT2D eigenvalue weighted by molar-refractivity contribution is -0.114. The summed E-state index contributed by atoms with van der Waals surface area (Å²) in [6, 6.07) is 4.79. The molecule has 0 aliphatic carbocycles. The van der Waals surface area contributed by atoms with E-state index >= 15 is 0 Å². The van der Waals surface area contributed by atoms with Gasteiger partial charge in [0.25, 0.3) is 0 Å². The van der Waals surface area contributed by atoms with Gasteiger partial charge in [-0.05, 0) is 13.0 Å². The maximum absolute atomic E-state index is 13.7. The number of nitrogens with zero attached hydrogens (tertiary/aromatic N) is 5. The molecular formula is C18H17F2N7O. The minimum Gasteiger partial charge on any atom is -0.339 e. The monoisotopic (exact) mass is 385 g/mol. The van der Waals surface area contributed by atoms with Crippen LogP contribution in [0.15, 0.2) is 36.9 Å². The van der Waals surface area contributed by atoms with Gasteiger partial charge in [0.2, 0.25) is 11.7 Å². The van der Waals surface area contributed by atoms with Crippen LogP contribution in [0, 0.1) is 6.92 Å². The van der Waals surface area contributed by atoms with Gasteiger partial charge in [0, 0.05) is 49.6 Å². The Labute approximate surface area is 159 Å². The Morgan fingerprint density at radius 2 is 1.93 bits per heavy atom. The number of aryl methyl sites for hydroxylation is 1. The van der Waals surface area contributed by atoms with E-state index in [0.717, 1.165) is 6.92 Å². The summed E-state index contributed by atoms with van der Waals surface area (Å²) in [6.07, 6.45) is 4.46. The first kappa shape index (κ1) is 19.2. The molecule has 10 heteroatoms. The first-order valence-electron chi connectivity index (χ1n) is 8.27. The molecular weight excluding hydrogens is 368 g/mol. The van der Waals surface area contributed by atoms with E-state index in [9.17, 15) is 13.6 Å². The van der Waals surface area contributed by atoms with Crippen LogP contribution in [0.3, 0.4) is 0 Å². The number of amides is 1. The van der Waals surface area contributed by atoms with E-state index in [1.165, 1.54) is 25.5 Å². The van der Waals surface area contributed by atoms with Gasteiger partial charge in [0.05, 0.1) is 11.4 Å². The molecule has 2 N–H and O–H groups in total. The molecule has 0 saturated carbocycles. The second kappa shape index (κ2) is 7.59. The van der Waals surface area contributed by atoms with E-state index in [2.05, 4.69) is 35.6 Å². The third-order valence-corrected chi connectivity index (χ3v) is 3.58. The number of anilines is 3. The summed E-state index contributed by atoms with van der Waals surface area (Å²) in [4.78, 5) is 31.3. The molecule has 0 aromatic carbocycles. The van der Waals surface area contributed by atoms with E-state index in [-0.39, 0.29) is 11.7 Å². The maximum atomic E-state index is 13.7. The van der Waals surface area contributed by atoms with Crippen LogP contribution < -0.4 is 10.6 Å². The number of rotatable bonds is 5. The Bertz CT molecular complexity index is 1010. The van der Waals surface area contributed by atoms with Gasteiger partial charge in [-0.3, -0.25) is 4.79 Å². The number of carbonyl (C=O) groups is 1. The van der Waals surface area contributed by atoms with Crippen LogP contribution in [-0.4, -0.2) is 30.8 Å². The highest BCUT2D eigenvalue weighted by atomic mass is 19.3. The fourth-order valence-electron chi connectivity index (χ4n) is 2.43. The van der Waals surface area contributed by atoms with Crippen molar-refractivity contribution in [2.75, 3.05) is 10.6 Å². The molecule has 144 valence electrons. The molecule has 0 atom stereocenters. The van der Waals surface area contributed by atoms with Crippen molar-refractivity contribution >= 4 is 23.2 Å². The number of hydrogen-bond donors (Lipinski definition) is 2. The van der Waals surface area contributed by atoms with Crippen LogP contribution in [0.25, 0.3) is 11.3 Å². The van der Waals surface area contributed by atoms with Crippen LogP contribution in [0.1, 0.15) is 25.4 Å². The lowest BCUT2D eigenvalue weighted by Gasteiger charge is -2.15. The molecule has 3 aromatic rings. The minimum absolute atomic E-state index is 0.180. The summed E-state index contributed by atoms with van der Waals surface area (Å²) in [6.45, 7) is 3.69. The van der Waals surface area contributed by atoms with Crippen molar-refractivity contribution in [3.8, 4) is 11.3 Å². The highest BCUT2D eigenvalue weighted by Crippen LogP contribution is 2.31. The molecule has 28 heavy (non-hydrogen) atoms. The maximum Gasteiger partial charge on any atom is 0.303 e. The van der Waals surface area contributed by atoms with Crippen molar-refractivity contribution in [2.45, 2.75) is 26.7 Å². The highest BCUT2D eigenvalue weighted by Gasteiger charge is 2.29. The molecule has 8 nitrogen and oxygen atoms in total. The summed E-state index contributed by atoms with van der Waals surface area (Å²) < 4.78 is 27.4. The summed E-state index contributed by atoms with van der Waals surface area (Å²) in [5, 5.41) is 5.58. The Balaban J connectivity index is 2.06. The van der Waals surface area contributed by atoms with Crippen LogP contribution in [0.2, 0.25) is 0 Å². The third-order valence-electron chi connectivity index (χ3n) is 3.58. The molecule has 0 spiro atoms. The SMILES string of the molecule is CC(=O)Nc1cc(Nc2cc(C)nc(C(C)(F)F)n2)c(-c2ccncn2)cn1. The zero-order valence-electron chi connectivity index (χ0n) is 15.4. The van der Waals surface area contributed by atoms with E-state index in [0.29, 0.717) is 28.5 Å². The summed E-state index contributed by atoms with van der Waals surface area (Å²) in [5.41, 5.74) is 2.00. The molecule has 0 radical (unpaired) electrons. The van der Waals surface area contributed by atoms with Crippen LogP contribution in [0.5, 0.6) is 0 Å². The Kier molecular flexibility index (Phi) is 5.21. The Morgan fingerprint density at radius 1 is 1.14 bits per heavy atom. The predicted molar refractivity (Wildman–Crippen MR) is 99.2 cm³/mol. The number of hydrogen-bond acceptors (Lipinski definition) is 7. The zero-order chi connectivity index (χ0) is 20.3.